The van der Waals surface area contributed by atoms with E-state index in [-0.39, 0.29) is 29.4 Å². The van der Waals surface area contributed by atoms with Gasteiger partial charge in [-0.1, -0.05) is 34.1 Å². The van der Waals surface area contributed by atoms with Crippen LogP contribution in [0, 0.1) is 6.92 Å². The lowest BCUT2D eigenvalue weighted by Crippen LogP contribution is -2.42. The Bertz CT molecular complexity index is 821. The third-order valence-corrected chi connectivity index (χ3v) is 5.96. The number of rotatable bonds is 9. The molecule has 1 heterocycles. The van der Waals surface area contributed by atoms with Crippen molar-refractivity contribution < 1.29 is 4.74 Å². The second-order valence-corrected chi connectivity index (χ2v) is 8.13. The third-order valence-electron chi connectivity index (χ3n) is 5.27. The van der Waals surface area contributed by atoms with Gasteiger partial charge in [-0.05, 0) is 37.8 Å². The van der Waals surface area contributed by atoms with E-state index >= 15 is 0 Å². The van der Waals surface area contributed by atoms with E-state index in [2.05, 4.69) is 61.0 Å². The molecule has 0 radical (unpaired) electrons. The van der Waals surface area contributed by atoms with Crippen molar-refractivity contribution in [1.82, 2.24) is 25.4 Å². The molecule has 0 bridgehead atoms. The van der Waals surface area contributed by atoms with Crippen molar-refractivity contribution in [3.8, 4) is 0 Å². The molecule has 0 amide bonds. The largest absolute Gasteiger partial charge is 0.385 e. The molecule has 1 aliphatic rings. The number of halogens is 2. The summed E-state index contributed by atoms with van der Waals surface area (Å²) in [6.45, 7) is 4.81. The SMILES string of the molecule is COCCCNC(=NCc1nnc(C)n1C)NCC1(c2ccccc2Br)CC1.I. The van der Waals surface area contributed by atoms with Crippen LogP contribution in [0.15, 0.2) is 33.7 Å². The first-order chi connectivity index (χ1) is 13.6. The lowest BCUT2D eigenvalue weighted by molar-refractivity contribution is 0.195. The maximum Gasteiger partial charge on any atom is 0.191 e. The van der Waals surface area contributed by atoms with E-state index in [0.29, 0.717) is 6.54 Å². The fraction of sp³-hybridized carbons (Fsp3) is 0.550. The van der Waals surface area contributed by atoms with Crippen LogP contribution in [0.2, 0.25) is 0 Å². The molecule has 0 unspecified atom stereocenters. The van der Waals surface area contributed by atoms with Gasteiger partial charge in [-0.3, -0.25) is 0 Å². The molecule has 2 N–H and O–H groups in total. The van der Waals surface area contributed by atoms with E-state index in [0.717, 1.165) is 43.7 Å². The van der Waals surface area contributed by atoms with Gasteiger partial charge in [-0.2, -0.15) is 0 Å². The first-order valence-electron chi connectivity index (χ1n) is 9.67. The van der Waals surface area contributed by atoms with Crippen molar-refractivity contribution >= 4 is 45.9 Å². The zero-order chi connectivity index (χ0) is 20.0. The molecule has 160 valence electrons. The molecule has 1 aromatic heterocycles. The maximum atomic E-state index is 5.14. The molecule has 29 heavy (non-hydrogen) atoms. The highest BCUT2D eigenvalue weighted by atomic mass is 127. The van der Waals surface area contributed by atoms with Crippen molar-refractivity contribution in [2.45, 2.75) is 38.1 Å². The number of hydrogen-bond donors (Lipinski definition) is 2. The standard InChI is InChI=1S/C20H29BrN6O.HI/c1-15-25-26-18(27(15)2)13-23-19(22-11-6-12-28-3)24-14-20(9-10-20)16-7-4-5-8-17(16)21;/h4-5,7-8H,6,9-14H2,1-3H3,(H2,22,23,24);1H. The zero-order valence-electron chi connectivity index (χ0n) is 17.2. The number of nitrogens with zero attached hydrogens (tertiary/aromatic N) is 4. The first-order valence-corrected chi connectivity index (χ1v) is 10.5. The summed E-state index contributed by atoms with van der Waals surface area (Å²) in [7, 11) is 3.68. The highest BCUT2D eigenvalue weighted by molar-refractivity contribution is 14.0. The monoisotopic (exact) mass is 576 g/mol. The van der Waals surface area contributed by atoms with Crippen LogP contribution in [-0.4, -0.2) is 47.5 Å². The van der Waals surface area contributed by atoms with E-state index in [1.54, 1.807) is 7.11 Å². The summed E-state index contributed by atoms with van der Waals surface area (Å²) in [4.78, 5) is 4.73. The van der Waals surface area contributed by atoms with Crippen molar-refractivity contribution in [3.05, 3.63) is 46.0 Å². The van der Waals surface area contributed by atoms with E-state index in [9.17, 15) is 0 Å². The number of nitrogens with one attached hydrogen (secondary N) is 2. The van der Waals surface area contributed by atoms with Crippen molar-refractivity contribution in [3.63, 3.8) is 0 Å². The molecule has 1 aromatic carbocycles. The highest BCUT2D eigenvalue weighted by Gasteiger charge is 2.45. The molecule has 1 fully saturated rings. The molecule has 0 spiro atoms. The number of aliphatic imine (C=N–C) groups is 1. The Hall–Kier alpha value is -1.20. The zero-order valence-corrected chi connectivity index (χ0v) is 21.2. The number of methoxy groups -OCH3 is 1. The van der Waals surface area contributed by atoms with Gasteiger partial charge in [0.1, 0.15) is 12.4 Å². The van der Waals surface area contributed by atoms with Gasteiger partial charge >= 0.3 is 0 Å². The minimum Gasteiger partial charge on any atom is -0.385 e. The van der Waals surface area contributed by atoms with Crippen LogP contribution in [0.5, 0.6) is 0 Å². The summed E-state index contributed by atoms with van der Waals surface area (Å²) in [6, 6.07) is 8.49. The van der Waals surface area contributed by atoms with Gasteiger partial charge in [0.25, 0.3) is 0 Å². The number of ether oxygens (including phenoxy) is 1. The Morgan fingerprint density at radius 1 is 1.28 bits per heavy atom. The second-order valence-electron chi connectivity index (χ2n) is 7.27. The molecule has 1 saturated carbocycles. The Kier molecular flexibility index (Phi) is 9.35. The molecule has 1 aliphatic carbocycles. The van der Waals surface area contributed by atoms with Gasteiger partial charge in [-0.25, -0.2) is 4.99 Å². The number of benzene rings is 1. The van der Waals surface area contributed by atoms with Gasteiger partial charge < -0.3 is 19.9 Å². The van der Waals surface area contributed by atoms with E-state index in [1.165, 1.54) is 22.9 Å². The van der Waals surface area contributed by atoms with Gasteiger partial charge in [0.05, 0.1) is 0 Å². The summed E-state index contributed by atoms with van der Waals surface area (Å²) in [5, 5.41) is 15.3. The average Bonchev–Trinajstić information content (AvgIpc) is 3.42. The fourth-order valence-corrected chi connectivity index (χ4v) is 3.88. The average molecular weight is 577 g/mol. The Labute approximate surface area is 198 Å². The van der Waals surface area contributed by atoms with Gasteiger partial charge in [0, 0.05) is 43.7 Å². The van der Waals surface area contributed by atoms with E-state index in [4.69, 9.17) is 9.73 Å². The van der Waals surface area contributed by atoms with Crippen molar-refractivity contribution in [2.24, 2.45) is 12.0 Å². The highest BCUT2D eigenvalue weighted by Crippen LogP contribution is 2.49. The maximum absolute atomic E-state index is 5.14. The van der Waals surface area contributed by atoms with Crippen molar-refractivity contribution in [2.75, 3.05) is 26.8 Å². The van der Waals surface area contributed by atoms with Crippen LogP contribution < -0.4 is 10.6 Å². The smallest absolute Gasteiger partial charge is 0.191 e. The quantitative estimate of drug-likeness (QED) is 0.207. The number of guanidine groups is 1. The topological polar surface area (TPSA) is 76.4 Å². The Morgan fingerprint density at radius 3 is 2.66 bits per heavy atom. The molecular weight excluding hydrogens is 547 g/mol. The van der Waals surface area contributed by atoms with Crippen LogP contribution in [0.3, 0.4) is 0 Å². The Morgan fingerprint density at radius 2 is 2.03 bits per heavy atom. The molecule has 0 aliphatic heterocycles. The molecule has 7 nitrogen and oxygen atoms in total. The molecule has 0 atom stereocenters. The molecule has 9 heteroatoms. The first kappa shape index (κ1) is 24.1. The Balaban J connectivity index is 0.00000300. The molecule has 2 aromatic rings. The van der Waals surface area contributed by atoms with Gasteiger partial charge in [0.15, 0.2) is 11.8 Å². The van der Waals surface area contributed by atoms with Crippen LogP contribution in [-0.2, 0) is 23.7 Å². The molecule has 3 rings (SSSR count). The molecule has 0 saturated heterocycles. The summed E-state index contributed by atoms with van der Waals surface area (Å²) < 4.78 is 8.28. The van der Waals surface area contributed by atoms with Crippen molar-refractivity contribution in [1.29, 1.82) is 0 Å². The normalized spacial score (nSPS) is 15.0. The number of aryl methyl sites for hydroxylation is 1. The minimum atomic E-state index is 0. The van der Waals surface area contributed by atoms with Gasteiger partial charge in [0.2, 0.25) is 0 Å². The minimum absolute atomic E-state index is 0. The van der Waals surface area contributed by atoms with Crippen LogP contribution in [0.4, 0.5) is 0 Å². The van der Waals surface area contributed by atoms with Gasteiger partial charge in [-0.15, -0.1) is 34.2 Å². The number of hydrogen-bond acceptors (Lipinski definition) is 4. The van der Waals surface area contributed by atoms with E-state index in [1.807, 2.05) is 18.5 Å². The predicted molar refractivity (Wildman–Crippen MR) is 130 cm³/mol. The lowest BCUT2D eigenvalue weighted by Gasteiger charge is -2.20. The van der Waals surface area contributed by atoms with Crippen LogP contribution in [0.1, 0.15) is 36.5 Å². The summed E-state index contributed by atoms with van der Waals surface area (Å²) in [5.41, 5.74) is 1.54. The van der Waals surface area contributed by atoms with Crippen LogP contribution >= 0.6 is 39.9 Å². The predicted octanol–water partition coefficient (Wildman–Crippen LogP) is 3.31. The lowest BCUT2D eigenvalue weighted by atomic mass is 9.96. The fourth-order valence-electron chi connectivity index (χ4n) is 3.17. The van der Waals surface area contributed by atoms with Crippen LogP contribution in [0.25, 0.3) is 0 Å². The summed E-state index contributed by atoms with van der Waals surface area (Å²) in [6.07, 6.45) is 3.29. The summed E-state index contributed by atoms with van der Waals surface area (Å²) >= 11 is 3.70. The van der Waals surface area contributed by atoms with E-state index < -0.39 is 0 Å². The third kappa shape index (κ3) is 6.39. The number of aromatic nitrogens is 3. The molecular formula is C20H30BrIN6O. The summed E-state index contributed by atoms with van der Waals surface area (Å²) in [5.74, 6) is 2.54. The second kappa shape index (κ2) is 11.3.